The largest absolute Gasteiger partial charge is 0.480 e. The summed E-state index contributed by atoms with van der Waals surface area (Å²) in [6.45, 7) is 5.83. The Kier molecular flexibility index (Phi) is 19.5. The van der Waals surface area contributed by atoms with Gasteiger partial charge in [-0.05, 0) is 38.6 Å². The van der Waals surface area contributed by atoms with E-state index < -0.39 is 42.1 Å². The molecule has 0 saturated heterocycles. The van der Waals surface area contributed by atoms with Crippen molar-refractivity contribution in [2.75, 3.05) is 6.54 Å². The molecule has 0 aliphatic rings. The van der Waals surface area contributed by atoms with E-state index in [1.807, 2.05) is 13.8 Å². The van der Waals surface area contributed by atoms with E-state index in [9.17, 15) is 14.4 Å². The van der Waals surface area contributed by atoms with Crippen LogP contribution in [0.5, 0.6) is 0 Å². The van der Waals surface area contributed by atoms with Crippen LogP contribution >= 0.6 is 0 Å². The molecule has 0 bridgehead atoms. The summed E-state index contributed by atoms with van der Waals surface area (Å²) in [6, 6.07) is -2.56. The minimum Gasteiger partial charge on any atom is -0.480 e. The molecule has 12 N–H and O–H groups in total. The van der Waals surface area contributed by atoms with Gasteiger partial charge in [0.15, 0.2) is 0 Å². The molecular weight excluding hydrogens is 360 g/mol. The molecule has 11 nitrogen and oxygen atoms in total. The molecule has 0 saturated carbocycles. The predicted molar refractivity (Wildman–Crippen MR) is 101 cm³/mol. The number of nitrogens with two attached hydrogens (primary N) is 4. The summed E-state index contributed by atoms with van der Waals surface area (Å²) >= 11 is 0. The van der Waals surface area contributed by atoms with Crippen molar-refractivity contribution in [3.05, 3.63) is 0 Å². The fraction of sp³-hybridized carbons (Fsp3) is 0.812. The van der Waals surface area contributed by atoms with Crippen LogP contribution in [0.3, 0.4) is 0 Å². The number of hydrogen-bond donors (Lipinski definition) is 8. The highest BCUT2D eigenvalue weighted by molar-refractivity contribution is 5.74. The average Bonchev–Trinajstić information content (AvgIpc) is 2.54. The smallest absolute Gasteiger partial charge is 0.323 e. The maximum Gasteiger partial charge on any atom is 0.323 e. The summed E-state index contributed by atoms with van der Waals surface area (Å²) in [7, 11) is 0. The third kappa shape index (κ3) is 22.2. The molecule has 0 aliphatic carbocycles. The fourth-order valence-corrected chi connectivity index (χ4v) is 1.45. The zero-order chi connectivity index (χ0) is 22.2. The minimum atomic E-state index is -1.18. The Hall–Kier alpha value is -1.79. The van der Waals surface area contributed by atoms with Gasteiger partial charge in [-0.2, -0.15) is 0 Å². The van der Waals surface area contributed by atoms with Gasteiger partial charge < -0.3 is 43.4 Å². The lowest BCUT2D eigenvalue weighted by Gasteiger charge is -2.07. The highest BCUT2D eigenvalue weighted by Gasteiger charge is 2.16. The second kappa shape index (κ2) is 17.6. The van der Waals surface area contributed by atoms with Crippen molar-refractivity contribution in [1.82, 2.24) is 0 Å². The second-order valence-corrected chi connectivity index (χ2v) is 6.41. The molecule has 0 spiro atoms. The van der Waals surface area contributed by atoms with Crippen LogP contribution < -0.4 is 22.9 Å². The molecule has 11 heteroatoms. The maximum absolute atomic E-state index is 10.1. The molecule has 4 atom stereocenters. The summed E-state index contributed by atoms with van der Waals surface area (Å²) in [4.78, 5) is 30.1. The molecule has 0 rings (SSSR count). The summed E-state index contributed by atoms with van der Waals surface area (Å²) in [6.07, 6.45) is 1.74. The minimum absolute atomic E-state index is 0.357. The van der Waals surface area contributed by atoms with Crippen LogP contribution in [0.25, 0.3) is 0 Å². The van der Waals surface area contributed by atoms with Crippen molar-refractivity contribution in [2.45, 2.75) is 70.7 Å². The molecule has 162 valence electrons. The van der Waals surface area contributed by atoms with Crippen molar-refractivity contribution in [1.29, 1.82) is 0 Å². The van der Waals surface area contributed by atoms with Gasteiger partial charge in [0.2, 0.25) is 0 Å². The Bertz CT molecular complexity index is 420. The van der Waals surface area contributed by atoms with Crippen molar-refractivity contribution >= 4 is 17.9 Å². The van der Waals surface area contributed by atoms with Gasteiger partial charge >= 0.3 is 17.9 Å². The number of carboxylic acid groups (broad SMARTS) is 3. The molecule has 0 aromatic carbocycles. The topological polar surface area (TPSA) is 236 Å². The van der Waals surface area contributed by atoms with E-state index >= 15 is 0 Å². The molecule has 0 radical (unpaired) electrons. The predicted octanol–water partition coefficient (Wildman–Crippen LogP) is -1.25. The lowest BCUT2D eigenvalue weighted by atomic mass is 10.1. The van der Waals surface area contributed by atoms with E-state index in [-0.39, 0.29) is 0 Å². The van der Waals surface area contributed by atoms with Gasteiger partial charge in [-0.3, -0.25) is 14.4 Å². The number of aliphatic hydroxyl groups is 1. The van der Waals surface area contributed by atoms with Gasteiger partial charge in [0, 0.05) is 0 Å². The van der Waals surface area contributed by atoms with E-state index in [0.29, 0.717) is 25.3 Å². The number of aliphatic hydroxyl groups excluding tert-OH is 1. The first-order valence-electron chi connectivity index (χ1n) is 8.61. The van der Waals surface area contributed by atoms with Crippen LogP contribution in [0.2, 0.25) is 0 Å². The van der Waals surface area contributed by atoms with Crippen molar-refractivity contribution < 1.29 is 34.8 Å². The van der Waals surface area contributed by atoms with Gasteiger partial charge in [0.25, 0.3) is 0 Å². The molecule has 0 aromatic heterocycles. The quantitative estimate of drug-likeness (QED) is 0.203. The molecule has 0 heterocycles. The number of carbonyl (C=O) groups is 3. The zero-order valence-corrected chi connectivity index (χ0v) is 16.2. The Morgan fingerprint density at radius 3 is 1.44 bits per heavy atom. The van der Waals surface area contributed by atoms with E-state index in [2.05, 4.69) is 0 Å². The number of rotatable bonds is 10. The first-order valence-corrected chi connectivity index (χ1v) is 8.61. The van der Waals surface area contributed by atoms with Gasteiger partial charge in [0.05, 0.1) is 6.10 Å². The molecule has 0 fully saturated rings. The van der Waals surface area contributed by atoms with Crippen molar-refractivity contribution in [2.24, 2.45) is 28.9 Å². The van der Waals surface area contributed by atoms with Crippen LogP contribution in [-0.2, 0) is 14.4 Å². The number of carboxylic acids is 3. The highest BCUT2D eigenvalue weighted by atomic mass is 16.4. The van der Waals surface area contributed by atoms with E-state index in [4.69, 9.17) is 43.4 Å². The Morgan fingerprint density at radius 1 is 0.815 bits per heavy atom. The Labute approximate surface area is 159 Å². The SMILES string of the molecule is CC(C)C[C@H](N)C(=O)O.C[C@@H](O)[C@H](N)C(=O)O.NCCCC[C@H](N)C(=O)O. The van der Waals surface area contributed by atoms with Crippen LogP contribution in [0, 0.1) is 5.92 Å². The second-order valence-electron chi connectivity index (χ2n) is 6.41. The molecular formula is C16H36N4O7. The lowest BCUT2D eigenvalue weighted by molar-refractivity contribution is -0.141. The number of unbranched alkanes of at least 4 members (excludes halogenated alkanes) is 1. The Balaban J connectivity index is -0.000000322. The van der Waals surface area contributed by atoms with E-state index in [0.717, 1.165) is 12.8 Å². The van der Waals surface area contributed by atoms with Crippen molar-refractivity contribution in [3.8, 4) is 0 Å². The maximum atomic E-state index is 10.1. The van der Waals surface area contributed by atoms with Crippen LogP contribution in [0.4, 0.5) is 0 Å². The highest BCUT2D eigenvalue weighted by Crippen LogP contribution is 2.01. The van der Waals surface area contributed by atoms with Gasteiger partial charge in [-0.15, -0.1) is 0 Å². The van der Waals surface area contributed by atoms with Crippen LogP contribution in [0.1, 0.15) is 46.5 Å². The number of hydrogen-bond acceptors (Lipinski definition) is 8. The van der Waals surface area contributed by atoms with Gasteiger partial charge in [-0.25, -0.2) is 0 Å². The van der Waals surface area contributed by atoms with Crippen molar-refractivity contribution in [3.63, 3.8) is 0 Å². The lowest BCUT2D eigenvalue weighted by Crippen LogP contribution is -2.39. The summed E-state index contributed by atoms with van der Waals surface area (Å²) < 4.78 is 0. The summed E-state index contributed by atoms with van der Waals surface area (Å²) in [5.74, 6) is -2.67. The van der Waals surface area contributed by atoms with Gasteiger partial charge in [-0.1, -0.05) is 20.3 Å². The normalized spacial score (nSPS) is 14.6. The van der Waals surface area contributed by atoms with Crippen LogP contribution in [-0.4, -0.2) is 69.1 Å². The molecule has 0 aromatic rings. The fourth-order valence-electron chi connectivity index (χ4n) is 1.45. The number of aliphatic carboxylic acids is 3. The van der Waals surface area contributed by atoms with E-state index in [1.165, 1.54) is 6.92 Å². The first-order chi connectivity index (χ1) is 12.3. The molecule has 0 aliphatic heterocycles. The standard InChI is InChI=1S/C6H14N2O2.C6H13NO2.C4H9NO3/c7-4-2-1-3-5(8)6(9)10;1-4(2)3-5(7)6(8)9;1-2(6)3(5)4(7)8/h5H,1-4,7-8H2,(H,9,10);4-5H,3,7H2,1-2H3,(H,8,9);2-3,6H,5H2,1H3,(H,7,8)/t2*5-;2-,3+/m001/s1. The monoisotopic (exact) mass is 396 g/mol. The van der Waals surface area contributed by atoms with Crippen LogP contribution in [0.15, 0.2) is 0 Å². The molecule has 27 heavy (non-hydrogen) atoms. The van der Waals surface area contributed by atoms with E-state index in [1.54, 1.807) is 0 Å². The summed E-state index contributed by atoms with van der Waals surface area (Å²) in [5, 5.41) is 33.2. The molecule has 0 unspecified atom stereocenters. The first kappa shape index (κ1) is 30.0. The summed E-state index contributed by atoms with van der Waals surface area (Å²) in [5.41, 5.74) is 20.5. The Morgan fingerprint density at radius 2 is 1.26 bits per heavy atom. The average molecular weight is 396 g/mol. The zero-order valence-electron chi connectivity index (χ0n) is 16.2. The third-order valence-electron chi connectivity index (χ3n) is 3.13. The molecule has 0 amide bonds. The van der Waals surface area contributed by atoms with Gasteiger partial charge in [0.1, 0.15) is 18.1 Å². The third-order valence-corrected chi connectivity index (χ3v) is 3.13.